The number of nitrogens with one attached hydrogen (secondary N) is 1. The SMILES string of the molecule is COCCN(c1cc(CNC(C)C)cc(C)n1)C(C)C. The molecule has 0 saturated heterocycles. The maximum Gasteiger partial charge on any atom is 0.129 e. The minimum atomic E-state index is 0.408. The van der Waals surface area contributed by atoms with Gasteiger partial charge in [0.1, 0.15) is 5.82 Å². The van der Waals surface area contributed by atoms with E-state index in [1.54, 1.807) is 7.11 Å². The topological polar surface area (TPSA) is 37.4 Å². The molecule has 0 spiro atoms. The van der Waals surface area contributed by atoms with Crippen LogP contribution in [0.3, 0.4) is 0 Å². The van der Waals surface area contributed by atoms with Gasteiger partial charge in [0.25, 0.3) is 0 Å². The zero-order valence-electron chi connectivity index (χ0n) is 13.7. The summed E-state index contributed by atoms with van der Waals surface area (Å²) in [5, 5.41) is 3.46. The van der Waals surface area contributed by atoms with Crippen molar-refractivity contribution in [2.75, 3.05) is 25.2 Å². The minimum absolute atomic E-state index is 0.408. The zero-order chi connectivity index (χ0) is 15.1. The first-order valence-corrected chi connectivity index (χ1v) is 7.40. The Kier molecular flexibility index (Phi) is 6.96. The van der Waals surface area contributed by atoms with Crippen LogP contribution < -0.4 is 10.2 Å². The van der Waals surface area contributed by atoms with Crippen LogP contribution in [0.5, 0.6) is 0 Å². The maximum absolute atomic E-state index is 5.20. The summed E-state index contributed by atoms with van der Waals surface area (Å²) in [7, 11) is 1.74. The lowest BCUT2D eigenvalue weighted by Crippen LogP contribution is -2.34. The number of rotatable bonds is 8. The molecule has 1 rings (SSSR count). The average Bonchev–Trinajstić information content (AvgIpc) is 2.36. The molecular formula is C16H29N3O. The number of nitrogens with zero attached hydrogens (tertiary/aromatic N) is 2. The first-order chi connectivity index (χ1) is 9.43. The van der Waals surface area contributed by atoms with Crippen LogP contribution in [0.4, 0.5) is 5.82 Å². The summed E-state index contributed by atoms with van der Waals surface area (Å²) in [5.41, 5.74) is 2.34. The highest BCUT2D eigenvalue weighted by molar-refractivity contribution is 5.43. The molecule has 0 fully saturated rings. The van der Waals surface area contributed by atoms with Crippen molar-refractivity contribution in [3.05, 3.63) is 23.4 Å². The van der Waals surface area contributed by atoms with Crippen LogP contribution in [0.2, 0.25) is 0 Å². The molecule has 0 atom stereocenters. The van der Waals surface area contributed by atoms with E-state index in [4.69, 9.17) is 4.74 Å². The molecule has 0 aliphatic carbocycles. The van der Waals surface area contributed by atoms with Gasteiger partial charge in [-0.3, -0.25) is 0 Å². The highest BCUT2D eigenvalue weighted by atomic mass is 16.5. The van der Waals surface area contributed by atoms with Crippen LogP contribution in [-0.4, -0.2) is 37.3 Å². The Morgan fingerprint density at radius 2 is 1.95 bits per heavy atom. The quantitative estimate of drug-likeness (QED) is 0.794. The lowest BCUT2D eigenvalue weighted by Gasteiger charge is -2.28. The second kappa shape index (κ2) is 8.22. The molecule has 20 heavy (non-hydrogen) atoms. The van der Waals surface area contributed by atoms with Crippen LogP contribution in [0, 0.1) is 6.92 Å². The van der Waals surface area contributed by atoms with Crippen LogP contribution in [0.1, 0.15) is 39.0 Å². The van der Waals surface area contributed by atoms with Gasteiger partial charge in [-0.1, -0.05) is 13.8 Å². The van der Waals surface area contributed by atoms with Crippen molar-refractivity contribution >= 4 is 5.82 Å². The van der Waals surface area contributed by atoms with Gasteiger partial charge in [0.2, 0.25) is 0 Å². The summed E-state index contributed by atoms with van der Waals surface area (Å²) >= 11 is 0. The third kappa shape index (κ3) is 5.47. The summed E-state index contributed by atoms with van der Waals surface area (Å²) < 4.78 is 5.20. The molecule has 0 aliphatic rings. The lowest BCUT2D eigenvalue weighted by molar-refractivity contribution is 0.203. The molecule has 4 nitrogen and oxygen atoms in total. The standard InChI is InChI=1S/C16H29N3O/c1-12(2)17-11-15-9-14(5)18-16(10-15)19(13(3)4)7-8-20-6/h9-10,12-13,17H,7-8,11H2,1-6H3. The van der Waals surface area contributed by atoms with Gasteiger partial charge in [-0.05, 0) is 38.5 Å². The second-order valence-corrected chi connectivity index (χ2v) is 5.79. The fourth-order valence-electron chi connectivity index (χ4n) is 2.12. The Bertz CT molecular complexity index is 405. The van der Waals surface area contributed by atoms with Gasteiger partial charge in [0.15, 0.2) is 0 Å². The predicted molar refractivity (Wildman–Crippen MR) is 85.3 cm³/mol. The average molecular weight is 279 g/mol. The van der Waals surface area contributed by atoms with E-state index in [9.17, 15) is 0 Å². The lowest BCUT2D eigenvalue weighted by atomic mass is 10.2. The van der Waals surface area contributed by atoms with E-state index >= 15 is 0 Å². The van der Waals surface area contributed by atoms with Crippen molar-refractivity contribution in [2.45, 2.75) is 53.2 Å². The van der Waals surface area contributed by atoms with Crippen LogP contribution in [0.25, 0.3) is 0 Å². The molecule has 4 heteroatoms. The third-order valence-electron chi connectivity index (χ3n) is 3.17. The van der Waals surface area contributed by atoms with Crippen molar-refractivity contribution in [3.63, 3.8) is 0 Å². The molecule has 114 valence electrons. The van der Waals surface area contributed by atoms with Crippen molar-refractivity contribution in [3.8, 4) is 0 Å². The molecule has 1 N–H and O–H groups in total. The monoisotopic (exact) mass is 279 g/mol. The van der Waals surface area contributed by atoms with Crippen molar-refractivity contribution in [1.29, 1.82) is 0 Å². The van der Waals surface area contributed by atoms with E-state index < -0.39 is 0 Å². The first kappa shape index (κ1) is 16.9. The Labute approximate surface area is 123 Å². The summed E-state index contributed by atoms with van der Waals surface area (Å²) in [4.78, 5) is 6.97. The van der Waals surface area contributed by atoms with Gasteiger partial charge in [0.05, 0.1) is 6.61 Å². The smallest absolute Gasteiger partial charge is 0.129 e. The van der Waals surface area contributed by atoms with Crippen molar-refractivity contribution in [2.24, 2.45) is 0 Å². The highest BCUT2D eigenvalue weighted by Gasteiger charge is 2.13. The van der Waals surface area contributed by atoms with Crippen LogP contribution >= 0.6 is 0 Å². The van der Waals surface area contributed by atoms with Gasteiger partial charge in [-0.25, -0.2) is 4.98 Å². The van der Waals surface area contributed by atoms with Crippen LogP contribution in [0.15, 0.2) is 12.1 Å². The van der Waals surface area contributed by atoms with Crippen molar-refractivity contribution in [1.82, 2.24) is 10.3 Å². The number of methoxy groups -OCH3 is 1. The number of anilines is 1. The van der Waals surface area contributed by atoms with E-state index in [-0.39, 0.29) is 0 Å². The van der Waals surface area contributed by atoms with Crippen LogP contribution in [-0.2, 0) is 11.3 Å². The molecule has 0 bridgehead atoms. The van der Waals surface area contributed by atoms with Gasteiger partial charge in [-0.15, -0.1) is 0 Å². The van der Waals surface area contributed by atoms with E-state index in [1.165, 1.54) is 5.56 Å². The molecule has 0 aromatic carbocycles. The van der Waals surface area contributed by atoms with Gasteiger partial charge >= 0.3 is 0 Å². The second-order valence-electron chi connectivity index (χ2n) is 5.79. The zero-order valence-corrected chi connectivity index (χ0v) is 13.7. The Morgan fingerprint density at radius 1 is 1.25 bits per heavy atom. The van der Waals surface area contributed by atoms with Gasteiger partial charge < -0.3 is 15.0 Å². The summed E-state index contributed by atoms with van der Waals surface area (Å²) in [6.45, 7) is 13.2. The fourth-order valence-corrected chi connectivity index (χ4v) is 2.12. The Hall–Kier alpha value is -1.13. The molecule has 1 aromatic heterocycles. The first-order valence-electron chi connectivity index (χ1n) is 7.40. The molecule has 0 unspecified atom stereocenters. The van der Waals surface area contributed by atoms with Crippen molar-refractivity contribution < 1.29 is 4.74 Å². The number of ether oxygens (including phenoxy) is 1. The maximum atomic E-state index is 5.20. The number of hydrogen-bond acceptors (Lipinski definition) is 4. The van der Waals surface area contributed by atoms with E-state index in [0.717, 1.165) is 24.6 Å². The summed E-state index contributed by atoms with van der Waals surface area (Å²) in [6, 6.07) is 5.22. The molecule has 0 saturated carbocycles. The number of aryl methyl sites for hydroxylation is 1. The Balaban J connectivity index is 2.90. The molecular weight excluding hydrogens is 250 g/mol. The van der Waals surface area contributed by atoms with E-state index in [1.807, 2.05) is 0 Å². The third-order valence-corrected chi connectivity index (χ3v) is 3.17. The molecule has 0 radical (unpaired) electrons. The number of aromatic nitrogens is 1. The van der Waals surface area contributed by atoms with E-state index in [0.29, 0.717) is 18.7 Å². The largest absolute Gasteiger partial charge is 0.383 e. The molecule has 1 aromatic rings. The summed E-state index contributed by atoms with van der Waals surface area (Å²) in [5.74, 6) is 1.04. The number of hydrogen-bond donors (Lipinski definition) is 1. The molecule has 1 heterocycles. The summed E-state index contributed by atoms with van der Waals surface area (Å²) in [6.07, 6.45) is 0. The predicted octanol–water partition coefficient (Wildman–Crippen LogP) is 2.75. The molecule has 0 aliphatic heterocycles. The minimum Gasteiger partial charge on any atom is -0.383 e. The normalized spacial score (nSPS) is 11.4. The van der Waals surface area contributed by atoms with Gasteiger partial charge in [-0.2, -0.15) is 0 Å². The number of pyridine rings is 1. The highest BCUT2D eigenvalue weighted by Crippen LogP contribution is 2.17. The van der Waals surface area contributed by atoms with E-state index in [2.05, 4.69) is 62.0 Å². The molecule has 0 amide bonds. The Morgan fingerprint density at radius 3 is 2.50 bits per heavy atom. The fraction of sp³-hybridized carbons (Fsp3) is 0.688. The van der Waals surface area contributed by atoms with Gasteiger partial charge in [0, 0.05) is 38.0 Å².